The summed E-state index contributed by atoms with van der Waals surface area (Å²) in [5.41, 5.74) is 10.2. The van der Waals surface area contributed by atoms with Gasteiger partial charge in [-0.1, -0.05) is 82.7 Å². The zero-order valence-corrected chi connectivity index (χ0v) is 22.6. The fraction of sp³-hybridized carbons (Fsp3) is 0.375. The molecule has 1 fully saturated rings. The van der Waals surface area contributed by atoms with Crippen molar-refractivity contribution < 1.29 is 60.5 Å². The summed E-state index contributed by atoms with van der Waals surface area (Å²) >= 11 is 6.22. The number of ether oxygens (including phenoxy) is 1. The molecule has 3 rings (SSSR count). The minimum atomic E-state index is -0.427. The van der Waals surface area contributed by atoms with Crippen LogP contribution >= 0.6 is 11.6 Å². The van der Waals surface area contributed by atoms with E-state index < -0.39 is 5.82 Å². The maximum Gasteiger partial charge on any atom is 1.00 e. The summed E-state index contributed by atoms with van der Waals surface area (Å²) in [5.74, 6) is -0.198. The van der Waals surface area contributed by atoms with Gasteiger partial charge in [-0.3, -0.25) is 7.05 Å². The van der Waals surface area contributed by atoms with Crippen molar-refractivity contribution in [2.75, 3.05) is 12.4 Å². The van der Waals surface area contributed by atoms with Crippen molar-refractivity contribution in [3.63, 3.8) is 0 Å². The molecule has 1 aliphatic rings. The first-order valence-electron chi connectivity index (χ1n) is 10.1. The molecule has 0 aromatic heterocycles. The number of benzene rings is 2. The molecule has 0 aliphatic heterocycles. The zero-order chi connectivity index (χ0) is 21.8. The number of anilines is 1. The van der Waals surface area contributed by atoms with Gasteiger partial charge in [0.15, 0.2) is 0 Å². The summed E-state index contributed by atoms with van der Waals surface area (Å²) in [4.78, 5) is 0. The molecule has 0 atom stereocenters. The van der Waals surface area contributed by atoms with Crippen molar-refractivity contribution in [1.29, 1.82) is 0 Å². The van der Waals surface area contributed by atoms with E-state index in [0.29, 0.717) is 21.8 Å². The zero-order valence-electron chi connectivity index (χ0n) is 18.7. The summed E-state index contributed by atoms with van der Waals surface area (Å²) in [7, 11) is 4.94. The van der Waals surface area contributed by atoms with Crippen LogP contribution in [0, 0.1) is 12.9 Å². The summed E-state index contributed by atoms with van der Waals surface area (Å²) in [6.07, 6.45) is 9.00. The second kappa shape index (κ2) is 16.1. The molecule has 6 heteroatoms. The summed E-state index contributed by atoms with van der Waals surface area (Å²) in [5, 5.41) is 3.09. The fourth-order valence-electron chi connectivity index (χ4n) is 3.02. The molecule has 0 radical (unpaired) electrons. The van der Waals surface area contributed by atoms with E-state index >= 15 is 0 Å². The molecule has 0 amide bonds. The standard InChI is InChI=1S/C16H14ClFN2O.C6H12.C2H6.K/c1-9(21-3)11-6-10(4-5-14(11)18)12-7-15(19)16(20-2)8-13(12)17;1-2-4-6-5-3-1;1-2;/h4-8,19-20H,1-2H2,3H3;1-6H2;1-2H3;/q-2;;;+1. The molecule has 3 nitrogen and oxygen atoms in total. The Kier molecular flexibility index (Phi) is 15.8. The summed E-state index contributed by atoms with van der Waals surface area (Å²) in [6.45, 7) is 7.66. The van der Waals surface area contributed by atoms with Crippen molar-refractivity contribution in [2.24, 2.45) is 0 Å². The van der Waals surface area contributed by atoms with E-state index in [9.17, 15) is 4.39 Å². The molecule has 0 unspecified atom stereocenters. The number of rotatable bonds is 4. The van der Waals surface area contributed by atoms with Crippen LogP contribution in [0.25, 0.3) is 22.6 Å². The van der Waals surface area contributed by atoms with E-state index in [4.69, 9.17) is 22.1 Å². The largest absolute Gasteiger partial charge is 1.00 e. The molecule has 0 spiro atoms. The average Bonchev–Trinajstić information content (AvgIpc) is 2.78. The average molecular weight is 458 g/mol. The molecule has 2 aromatic carbocycles. The first-order chi connectivity index (χ1) is 14.0. The van der Waals surface area contributed by atoms with Crippen LogP contribution in [0.2, 0.25) is 5.02 Å². The van der Waals surface area contributed by atoms with Crippen LogP contribution in [0.5, 0.6) is 0 Å². The number of hydrogen-bond acceptors (Lipinski definition) is 2. The first-order valence-corrected chi connectivity index (χ1v) is 10.5. The van der Waals surface area contributed by atoms with Gasteiger partial charge in [0.05, 0.1) is 17.7 Å². The van der Waals surface area contributed by atoms with Crippen LogP contribution in [0.3, 0.4) is 0 Å². The molecular formula is C24H32ClFKN2O-. The van der Waals surface area contributed by atoms with E-state index in [-0.39, 0.29) is 68.4 Å². The maximum atomic E-state index is 13.8. The fourth-order valence-corrected chi connectivity index (χ4v) is 3.29. The van der Waals surface area contributed by atoms with Gasteiger partial charge in [-0.25, -0.2) is 4.39 Å². The predicted octanol–water partition coefficient (Wildman–Crippen LogP) is 6.02. The third-order valence-corrected chi connectivity index (χ3v) is 4.93. The molecule has 0 bridgehead atoms. The van der Waals surface area contributed by atoms with Gasteiger partial charge in [0.2, 0.25) is 0 Å². The van der Waals surface area contributed by atoms with Crippen molar-refractivity contribution >= 4 is 28.7 Å². The minimum absolute atomic E-state index is 0. The van der Waals surface area contributed by atoms with Gasteiger partial charge in [-0.05, 0) is 35.0 Å². The van der Waals surface area contributed by atoms with Crippen molar-refractivity contribution in [3.8, 4) is 11.1 Å². The van der Waals surface area contributed by atoms with E-state index in [2.05, 4.69) is 18.9 Å². The second-order valence-electron chi connectivity index (χ2n) is 6.50. The molecule has 1 aliphatic carbocycles. The van der Waals surface area contributed by atoms with Gasteiger partial charge < -0.3 is 15.8 Å². The molecule has 0 heterocycles. The predicted molar refractivity (Wildman–Crippen MR) is 125 cm³/mol. The SMILES string of the molecule is C1CCCCC1.C=C(OC)c1cc(-c2cc([NH-])c(N[CH2-])cc2Cl)ccc1F.CC.[K+]. The second-order valence-corrected chi connectivity index (χ2v) is 6.90. The van der Waals surface area contributed by atoms with Crippen molar-refractivity contribution in [2.45, 2.75) is 52.4 Å². The van der Waals surface area contributed by atoms with Crippen molar-refractivity contribution in [3.05, 3.63) is 66.1 Å². The van der Waals surface area contributed by atoms with Gasteiger partial charge in [-0.2, -0.15) is 0 Å². The quantitative estimate of drug-likeness (QED) is 0.346. The maximum absolute atomic E-state index is 13.8. The molecule has 160 valence electrons. The van der Waals surface area contributed by atoms with Crippen LogP contribution in [0.4, 0.5) is 15.8 Å². The Morgan fingerprint density at radius 1 is 1.10 bits per heavy atom. The Hall–Kier alpha value is -0.564. The topological polar surface area (TPSA) is 45.1 Å². The van der Waals surface area contributed by atoms with Crippen LogP contribution in [0.15, 0.2) is 36.9 Å². The van der Waals surface area contributed by atoms with Gasteiger partial charge >= 0.3 is 51.4 Å². The van der Waals surface area contributed by atoms with Gasteiger partial charge in [0.25, 0.3) is 0 Å². The smallest absolute Gasteiger partial charge is 0.697 e. The number of halogens is 2. The molecule has 1 saturated carbocycles. The van der Waals surface area contributed by atoms with Gasteiger partial charge in [0.1, 0.15) is 11.6 Å². The third-order valence-electron chi connectivity index (χ3n) is 4.62. The van der Waals surface area contributed by atoms with Crippen LogP contribution in [-0.2, 0) is 4.74 Å². The first kappa shape index (κ1) is 29.4. The number of nitrogens with one attached hydrogen (secondary N) is 2. The Bertz CT molecular complexity index is 784. The Balaban J connectivity index is 0.000000792. The molecule has 0 saturated heterocycles. The summed E-state index contributed by atoms with van der Waals surface area (Å²) in [6, 6.07) is 7.73. The number of hydrogen-bond donors (Lipinski definition) is 1. The molecular weight excluding hydrogens is 426 g/mol. The van der Waals surface area contributed by atoms with Gasteiger partial charge in [0, 0.05) is 0 Å². The Labute approximate surface area is 229 Å². The van der Waals surface area contributed by atoms with Gasteiger partial charge in [-0.15, -0.1) is 5.69 Å². The molecule has 2 aromatic rings. The third kappa shape index (κ3) is 8.89. The van der Waals surface area contributed by atoms with E-state index in [1.165, 1.54) is 51.7 Å². The monoisotopic (exact) mass is 457 g/mol. The van der Waals surface area contributed by atoms with Crippen LogP contribution in [0.1, 0.15) is 57.9 Å². The number of methoxy groups -OCH3 is 1. The van der Waals surface area contributed by atoms with Crippen LogP contribution in [-0.4, -0.2) is 7.11 Å². The minimum Gasteiger partial charge on any atom is -0.697 e. The van der Waals surface area contributed by atoms with E-state index in [1.807, 2.05) is 13.8 Å². The summed E-state index contributed by atoms with van der Waals surface area (Å²) < 4.78 is 18.8. The Morgan fingerprint density at radius 3 is 2.10 bits per heavy atom. The van der Waals surface area contributed by atoms with Crippen molar-refractivity contribution in [1.82, 2.24) is 0 Å². The normalized spacial score (nSPS) is 12.2. The molecule has 2 N–H and O–H groups in total. The van der Waals surface area contributed by atoms with E-state index in [1.54, 1.807) is 24.3 Å². The van der Waals surface area contributed by atoms with Crippen LogP contribution < -0.4 is 56.7 Å². The molecule has 30 heavy (non-hydrogen) atoms. The van der Waals surface area contributed by atoms with E-state index in [0.717, 1.165) is 0 Å². The Morgan fingerprint density at radius 2 is 1.63 bits per heavy atom.